The Morgan fingerprint density at radius 1 is 1.61 bits per heavy atom. The molecule has 2 heterocycles. The zero-order chi connectivity index (χ0) is 13.1. The monoisotopic (exact) mass is 252 g/mol. The Morgan fingerprint density at radius 2 is 2.39 bits per heavy atom. The summed E-state index contributed by atoms with van der Waals surface area (Å²) in [6.45, 7) is 1.27. The molecule has 18 heavy (non-hydrogen) atoms. The van der Waals surface area contributed by atoms with Crippen LogP contribution in [0.2, 0.25) is 0 Å². The van der Waals surface area contributed by atoms with Crippen molar-refractivity contribution < 1.29 is 9.53 Å². The number of aryl methyl sites for hydroxylation is 1. The van der Waals surface area contributed by atoms with Crippen molar-refractivity contribution in [2.45, 2.75) is 25.3 Å². The van der Waals surface area contributed by atoms with Crippen molar-refractivity contribution in [2.24, 2.45) is 12.8 Å². The highest BCUT2D eigenvalue weighted by Crippen LogP contribution is 2.20. The number of aromatic nitrogens is 2. The predicted molar refractivity (Wildman–Crippen MR) is 67.5 cm³/mol. The van der Waals surface area contributed by atoms with Crippen molar-refractivity contribution in [2.75, 3.05) is 20.2 Å². The zero-order valence-electron chi connectivity index (χ0n) is 10.9. The van der Waals surface area contributed by atoms with Crippen molar-refractivity contribution in [3.8, 4) is 5.88 Å². The van der Waals surface area contributed by atoms with E-state index in [0.29, 0.717) is 18.1 Å². The van der Waals surface area contributed by atoms with E-state index in [1.54, 1.807) is 24.9 Å². The summed E-state index contributed by atoms with van der Waals surface area (Å²) in [5.74, 6) is 0.531. The topological polar surface area (TPSA) is 73.4 Å². The van der Waals surface area contributed by atoms with E-state index < -0.39 is 0 Å². The molecule has 1 saturated heterocycles. The van der Waals surface area contributed by atoms with Crippen LogP contribution in [0.1, 0.15) is 29.8 Å². The van der Waals surface area contributed by atoms with Crippen LogP contribution in [0.4, 0.5) is 0 Å². The summed E-state index contributed by atoms with van der Waals surface area (Å²) in [7, 11) is 3.32. The molecule has 0 spiro atoms. The van der Waals surface area contributed by atoms with Crippen LogP contribution in [0.5, 0.6) is 5.88 Å². The quantitative estimate of drug-likeness (QED) is 0.844. The number of nitrogens with two attached hydrogens (primary N) is 1. The van der Waals surface area contributed by atoms with E-state index in [4.69, 9.17) is 10.5 Å². The fourth-order valence-corrected chi connectivity index (χ4v) is 2.41. The lowest BCUT2D eigenvalue weighted by Gasteiger charge is -2.34. The van der Waals surface area contributed by atoms with Gasteiger partial charge in [0.25, 0.3) is 5.91 Å². The molecule has 0 bridgehead atoms. The maximum atomic E-state index is 12.4. The lowest BCUT2D eigenvalue weighted by atomic mass is 10.0. The Labute approximate surface area is 107 Å². The maximum absolute atomic E-state index is 12.4. The summed E-state index contributed by atoms with van der Waals surface area (Å²) in [5, 5.41) is 4.18. The minimum absolute atomic E-state index is 0.0518. The molecule has 100 valence electrons. The normalized spacial score (nSPS) is 19.9. The largest absolute Gasteiger partial charge is 0.481 e. The molecular formula is C12H20N4O2. The number of likely N-dealkylation sites (tertiary alicyclic amines) is 1. The molecule has 0 radical (unpaired) electrons. The van der Waals surface area contributed by atoms with Crippen LogP contribution < -0.4 is 10.5 Å². The average molecular weight is 252 g/mol. The van der Waals surface area contributed by atoms with Gasteiger partial charge in [0.2, 0.25) is 5.88 Å². The van der Waals surface area contributed by atoms with Gasteiger partial charge in [-0.15, -0.1) is 0 Å². The molecule has 6 nitrogen and oxygen atoms in total. The second kappa shape index (κ2) is 5.39. The first-order valence-electron chi connectivity index (χ1n) is 6.26. The standard InChI is InChI=1S/C12H20N4O2/c1-15-11(18-2)7-10(14-15)12(17)16-6-4-3-5-9(16)8-13/h7,9H,3-6,8,13H2,1-2H3. The van der Waals surface area contributed by atoms with Crippen molar-refractivity contribution in [3.63, 3.8) is 0 Å². The lowest BCUT2D eigenvalue weighted by Crippen LogP contribution is -2.47. The van der Waals surface area contributed by atoms with Gasteiger partial charge >= 0.3 is 0 Å². The number of hydrogen-bond acceptors (Lipinski definition) is 4. The molecule has 1 fully saturated rings. The molecule has 1 atom stereocenters. The van der Waals surface area contributed by atoms with Crippen LogP contribution in [-0.2, 0) is 7.05 Å². The number of methoxy groups -OCH3 is 1. The molecule has 2 rings (SSSR count). The Kier molecular flexibility index (Phi) is 3.86. The first kappa shape index (κ1) is 12.9. The summed E-state index contributed by atoms with van der Waals surface area (Å²) in [6.07, 6.45) is 3.15. The molecule has 1 aromatic rings. The van der Waals surface area contributed by atoms with Gasteiger partial charge in [0.15, 0.2) is 5.69 Å². The Bertz CT molecular complexity index is 430. The van der Waals surface area contributed by atoms with Gasteiger partial charge in [-0.25, -0.2) is 4.68 Å². The lowest BCUT2D eigenvalue weighted by molar-refractivity contribution is 0.0616. The molecule has 1 unspecified atom stereocenters. The number of nitrogens with zero attached hydrogens (tertiary/aromatic N) is 3. The molecular weight excluding hydrogens is 232 g/mol. The summed E-state index contributed by atoms with van der Waals surface area (Å²) >= 11 is 0. The van der Waals surface area contributed by atoms with Gasteiger partial charge in [0, 0.05) is 32.2 Å². The summed E-state index contributed by atoms with van der Waals surface area (Å²) in [5.41, 5.74) is 6.15. The average Bonchev–Trinajstić information content (AvgIpc) is 2.79. The first-order chi connectivity index (χ1) is 8.67. The highest BCUT2D eigenvalue weighted by molar-refractivity contribution is 5.93. The molecule has 6 heteroatoms. The highest BCUT2D eigenvalue weighted by Gasteiger charge is 2.28. The Balaban J connectivity index is 2.18. The van der Waals surface area contributed by atoms with Crippen molar-refractivity contribution in [1.29, 1.82) is 0 Å². The van der Waals surface area contributed by atoms with E-state index in [9.17, 15) is 4.79 Å². The van der Waals surface area contributed by atoms with E-state index in [1.807, 2.05) is 4.90 Å². The smallest absolute Gasteiger partial charge is 0.274 e. The van der Waals surface area contributed by atoms with Crippen LogP contribution in [0.3, 0.4) is 0 Å². The van der Waals surface area contributed by atoms with Crippen LogP contribution in [-0.4, -0.2) is 46.8 Å². The highest BCUT2D eigenvalue weighted by atomic mass is 16.5. The van der Waals surface area contributed by atoms with E-state index in [2.05, 4.69) is 5.10 Å². The van der Waals surface area contributed by atoms with E-state index in [-0.39, 0.29) is 11.9 Å². The third-order valence-corrected chi connectivity index (χ3v) is 3.43. The van der Waals surface area contributed by atoms with E-state index in [1.165, 1.54) is 0 Å². The predicted octanol–water partition coefficient (Wildman–Crippen LogP) is 0.382. The number of ether oxygens (including phenoxy) is 1. The molecule has 0 aliphatic carbocycles. The van der Waals surface area contributed by atoms with Crippen molar-refractivity contribution in [3.05, 3.63) is 11.8 Å². The molecule has 1 amide bonds. The van der Waals surface area contributed by atoms with Crippen LogP contribution in [0.25, 0.3) is 0 Å². The third-order valence-electron chi connectivity index (χ3n) is 3.43. The Morgan fingerprint density at radius 3 is 3.00 bits per heavy atom. The van der Waals surface area contributed by atoms with E-state index in [0.717, 1.165) is 25.8 Å². The number of hydrogen-bond donors (Lipinski definition) is 1. The van der Waals surface area contributed by atoms with Gasteiger partial charge in [-0.1, -0.05) is 0 Å². The van der Waals surface area contributed by atoms with Gasteiger partial charge in [-0.3, -0.25) is 4.79 Å². The Hall–Kier alpha value is -1.56. The fraction of sp³-hybridized carbons (Fsp3) is 0.667. The van der Waals surface area contributed by atoms with E-state index >= 15 is 0 Å². The molecule has 2 N–H and O–H groups in total. The number of piperidine rings is 1. The van der Waals surface area contributed by atoms with Crippen LogP contribution >= 0.6 is 0 Å². The van der Waals surface area contributed by atoms with Gasteiger partial charge in [0.1, 0.15) is 0 Å². The maximum Gasteiger partial charge on any atom is 0.274 e. The second-order valence-corrected chi connectivity index (χ2v) is 4.58. The number of amides is 1. The molecule has 1 aliphatic heterocycles. The summed E-state index contributed by atoms with van der Waals surface area (Å²) < 4.78 is 6.69. The van der Waals surface area contributed by atoms with Crippen molar-refractivity contribution >= 4 is 5.91 Å². The minimum Gasteiger partial charge on any atom is -0.481 e. The number of carbonyl (C=O) groups excluding carboxylic acids is 1. The van der Waals surface area contributed by atoms with Gasteiger partial charge in [-0.2, -0.15) is 5.10 Å². The van der Waals surface area contributed by atoms with Crippen molar-refractivity contribution in [1.82, 2.24) is 14.7 Å². The summed E-state index contributed by atoms with van der Waals surface area (Å²) in [6, 6.07) is 1.81. The first-order valence-corrected chi connectivity index (χ1v) is 6.26. The fourth-order valence-electron chi connectivity index (χ4n) is 2.41. The third kappa shape index (κ3) is 2.33. The number of rotatable bonds is 3. The van der Waals surface area contributed by atoms with Gasteiger partial charge in [-0.05, 0) is 19.3 Å². The summed E-state index contributed by atoms with van der Waals surface area (Å²) in [4.78, 5) is 14.2. The molecule has 0 aromatic carbocycles. The molecule has 1 aromatic heterocycles. The van der Waals surface area contributed by atoms with Gasteiger partial charge < -0.3 is 15.4 Å². The SMILES string of the molecule is COc1cc(C(=O)N2CCCCC2CN)nn1C. The van der Waals surface area contributed by atoms with Crippen LogP contribution in [0.15, 0.2) is 6.07 Å². The molecule has 1 aliphatic rings. The van der Waals surface area contributed by atoms with Crippen LogP contribution in [0, 0.1) is 0 Å². The molecule has 0 saturated carbocycles. The number of carbonyl (C=O) groups is 1. The second-order valence-electron chi connectivity index (χ2n) is 4.58. The zero-order valence-corrected chi connectivity index (χ0v) is 10.9. The minimum atomic E-state index is -0.0518. The van der Waals surface area contributed by atoms with Gasteiger partial charge in [0.05, 0.1) is 7.11 Å².